The van der Waals surface area contributed by atoms with E-state index in [0.29, 0.717) is 17.3 Å². The normalized spacial score (nSPS) is 19.5. The van der Waals surface area contributed by atoms with Gasteiger partial charge < -0.3 is 0 Å². The SMILES string of the molecule is CC.CC(C)C1(C(C)C)c2ccccc2-c2ccccc21.CC(C)C1(C)CCCc2sccc21. The Balaban J connectivity index is 0.000000189. The van der Waals surface area contributed by atoms with Crippen molar-refractivity contribution in [2.75, 3.05) is 0 Å². The molecule has 0 saturated heterocycles. The second-order valence-corrected chi connectivity index (χ2v) is 12.0. The smallest absolute Gasteiger partial charge is 0.0261 e. The number of aryl methyl sites for hydroxylation is 1. The van der Waals surface area contributed by atoms with Crippen molar-refractivity contribution in [3.8, 4) is 11.1 Å². The molecule has 2 aliphatic rings. The average molecular weight is 475 g/mol. The Morgan fingerprint density at radius 3 is 1.65 bits per heavy atom. The van der Waals surface area contributed by atoms with Crippen LogP contribution in [0.3, 0.4) is 0 Å². The van der Waals surface area contributed by atoms with Crippen LogP contribution in [0.25, 0.3) is 11.1 Å². The van der Waals surface area contributed by atoms with Crippen LogP contribution in [-0.2, 0) is 17.3 Å². The lowest BCUT2D eigenvalue weighted by atomic mass is 9.63. The average Bonchev–Trinajstić information content (AvgIpc) is 3.43. The minimum atomic E-state index is 0.160. The van der Waals surface area contributed by atoms with Gasteiger partial charge in [0.05, 0.1) is 0 Å². The summed E-state index contributed by atoms with van der Waals surface area (Å²) in [4.78, 5) is 1.64. The monoisotopic (exact) mass is 474 g/mol. The molecule has 1 aromatic heterocycles. The first-order valence-corrected chi connectivity index (χ1v) is 14.4. The zero-order valence-corrected chi connectivity index (χ0v) is 23.9. The van der Waals surface area contributed by atoms with Gasteiger partial charge in [0.25, 0.3) is 0 Å². The Morgan fingerprint density at radius 2 is 1.18 bits per heavy atom. The number of fused-ring (bicyclic) bond motifs is 4. The first-order chi connectivity index (χ1) is 16.2. The maximum absolute atomic E-state index is 2.43. The summed E-state index contributed by atoms with van der Waals surface area (Å²) in [6, 6.07) is 20.2. The fourth-order valence-corrected chi connectivity index (χ4v) is 7.67. The molecule has 0 amide bonds. The maximum Gasteiger partial charge on any atom is 0.0261 e. The Kier molecular flexibility index (Phi) is 8.51. The highest BCUT2D eigenvalue weighted by atomic mass is 32.1. The number of hydrogen-bond acceptors (Lipinski definition) is 1. The van der Waals surface area contributed by atoms with Gasteiger partial charge in [0.15, 0.2) is 0 Å². The quantitative estimate of drug-likeness (QED) is 0.354. The largest absolute Gasteiger partial charge is 0.149 e. The molecule has 0 nitrogen and oxygen atoms in total. The second-order valence-electron chi connectivity index (χ2n) is 11.0. The standard InChI is InChI=1S/C19H22.C12H18S.C2H6/c1-13(2)19(14(3)4)17-11-7-5-9-15(17)16-10-6-8-12-18(16)19;1-9(2)12(3)7-4-5-11-10(12)6-8-13-11;1-2/h5-14H,1-4H3;6,8-9H,4-5,7H2,1-3H3;1-2H3. The molecular formula is C33H46S. The van der Waals surface area contributed by atoms with Gasteiger partial charge in [-0.3, -0.25) is 0 Å². The van der Waals surface area contributed by atoms with E-state index in [2.05, 4.69) is 108 Å². The lowest BCUT2D eigenvalue weighted by molar-refractivity contribution is 0.280. The first kappa shape index (κ1) is 26.7. The van der Waals surface area contributed by atoms with Crippen molar-refractivity contribution >= 4 is 11.3 Å². The zero-order valence-electron chi connectivity index (χ0n) is 23.0. The summed E-state index contributed by atoms with van der Waals surface area (Å²) in [5.74, 6) is 1.95. The van der Waals surface area contributed by atoms with Gasteiger partial charge in [0, 0.05) is 10.3 Å². The lowest BCUT2D eigenvalue weighted by Gasteiger charge is -2.40. The first-order valence-electron chi connectivity index (χ1n) is 13.5. The van der Waals surface area contributed by atoms with E-state index in [9.17, 15) is 0 Å². The molecular weight excluding hydrogens is 428 g/mol. The van der Waals surface area contributed by atoms with Gasteiger partial charge >= 0.3 is 0 Å². The van der Waals surface area contributed by atoms with Crippen LogP contribution in [0.2, 0.25) is 0 Å². The van der Waals surface area contributed by atoms with Crippen LogP contribution in [-0.4, -0.2) is 0 Å². The van der Waals surface area contributed by atoms with E-state index >= 15 is 0 Å². The summed E-state index contributed by atoms with van der Waals surface area (Å²) in [6.45, 7) is 20.6. The molecule has 1 heteroatoms. The van der Waals surface area contributed by atoms with Crippen molar-refractivity contribution < 1.29 is 0 Å². The highest BCUT2D eigenvalue weighted by molar-refractivity contribution is 7.10. The predicted octanol–water partition coefficient (Wildman–Crippen LogP) is 10.3. The summed E-state index contributed by atoms with van der Waals surface area (Å²) < 4.78 is 0. The van der Waals surface area contributed by atoms with Crippen molar-refractivity contribution in [2.45, 2.75) is 92.4 Å². The predicted molar refractivity (Wildman–Crippen MR) is 153 cm³/mol. The summed E-state index contributed by atoms with van der Waals surface area (Å²) >= 11 is 1.95. The van der Waals surface area contributed by atoms with E-state index in [1.807, 2.05) is 25.2 Å². The third-order valence-corrected chi connectivity index (χ3v) is 9.57. The summed E-state index contributed by atoms with van der Waals surface area (Å²) in [5, 5.41) is 2.26. The van der Waals surface area contributed by atoms with E-state index in [0.717, 1.165) is 5.92 Å². The van der Waals surface area contributed by atoms with Crippen molar-refractivity contribution in [3.05, 3.63) is 81.5 Å². The van der Waals surface area contributed by atoms with Gasteiger partial charge in [-0.2, -0.15) is 0 Å². The molecule has 0 spiro atoms. The third-order valence-electron chi connectivity index (χ3n) is 8.59. The van der Waals surface area contributed by atoms with Crippen LogP contribution in [0, 0.1) is 17.8 Å². The van der Waals surface area contributed by atoms with E-state index < -0.39 is 0 Å². The summed E-state index contributed by atoms with van der Waals surface area (Å²) in [7, 11) is 0. The molecule has 184 valence electrons. The molecule has 0 aliphatic heterocycles. The van der Waals surface area contributed by atoms with Gasteiger partial charge in [-0.25, -0.2) is 0 Å². The van der Waals surface area contributed by atoms with Crippen LogP contribution >= 0.6 is 11.3 Å². The van der Waals surface area contributed by atoms with E-state index in [1.54, 1.807) is 10.4 Å². The molecule has 1 unspecified atom stereocenters. The summed E-state index contributed by atoms with van der Waals surface area (Å²) in [5.41, 5.74) is 8.14. The number of hydrogen-bond donors (Lipinski definition) is 0. The fraction of sp³-hybridized carbons (Fsp3) is 0.515. The van der Waals surface area contributed by atoms with Crippen molar-refractivity contribution in [3.63, 3.8) is 0 Å². The second kappa shape index (κ2) is 10.8. The van der Waals surface area contributed by atoms with Gasteiger partial charge in [-0.1, -0.05) is 111 Å². The van der Waals surface area contributed by atoms with Gasteiger partial charge in [-0.15, -0.1) is 11.3 Å². The molecule has 2 aliphatic carbocycles. The van der Waals surface area contributed by atoms with Crippen LogP contribution < -0.4 is 0 Å². The fourth-order valence-electron chi connectivity index (χ4n) is 6.61. The van der Waals surface area contributed by atoms with E-state index in [4.69, 9.17) is 0 Å². The molecule has 0 bridgehead atoms. The summed E-state index contributed by atoms with van der Waals surface area (Å²) in [6.07, 6.45) is 4.06. The van der Waals surface area contributed by atoms with E-state index in [-0.39, 0.29) is 5.41 Å². The van der Waals surface area contributed by atoms with E-state index in [1.165, 1.54) is 41.5 Å². The minimum absolute atomic E-state index is 0.160. The van der Waals surface area contributed by atoms with Gasteiger partial charge in [-0.05, 0) is 81.7 Å². The molecule has 1 atom stereocenters. The third kappa shape index (κ3) is 4.30. The van der Waals surface area contributed by atoms with Crippen molar-refractivity contribution in [1.82, 2.24) is 0 Å². The number of thiophene rings is 1. The molecule has 0 fully saturated rings. The Bertz CT molecular complexity index is 1010. The molecule has 34 heavy (non-hydrogen) atoms. The van der Waals surface area contributed by atoms with Crippen LogP contribution in [0.4, 0.5) is 0 Å². The van der Waals surface area contributed by atoms with Crippen LogP contribution in [0.1, 0.15) is 96.7 Å². The Hall–Kier alpha value is -1.86. The molecule has 0 N–H and O–H groups in total. The Labute approximate surface area is 213 Å². The molecule has 0 saturated carbocycles. The van der Waals surface area contributed by atoms with Gasteiger partial charge in [0.1, 0.15) is 0 Å². The maximum atomic E-state index is 2.43. The van der Waals surface area contributed by atoms with Crippen LogP contribution in [0.5, 0.6) is 0 Å². The highest BCUT2D eigenvalue weighted by Gasteiger charge is 2.47. The topological polar surface area (TPSA) is 0 Å². The number of rotatable bonds is 3. The zero-order chi connectivity index (χ0) is 25.1. The Morgan fingerprint density at radius 1 is 0.676 bits per heavy atom. The lowest BCUT2D eigenvalue weighted by Crippen LogP contribution is -2.37. The van der Waals surface area contributed by atoms with Crippen LogP contribution in [0.15, 0.2) is 60.0 Å². The molecule has 5 rings (SSSR count). The molecule has 1 heterocycles. The number of benzene rings is 2. The molecule has 3 aromatic rings. The molecule has 2 aromatic carbocycles. The van der Waals surface area contributed by atoms with Crippen molar-refractivity contribution in [1.29, 1.82) is 0 Å². The minimum Gasteiger partial charge on any atom is -0.149 e. The van der Waals surface area contributed by atoms with Gasteiger partial charge in [0.2, 0.25) is 0 Å². The molecule has 0 radical (unpaired) electrons. The van der Waals surface area contributed by atoms with Crippen molar-refractivity contribution in [2.24, 2.45) is 17.8 Å². The highest BCUT2D eigenvalue weighted by Crippen LogP contribution is 2.56.